The fourth-order valence-corrected chi connectivity index (χ4v) is 1.82. The molecule has 0 spiro atoms. The highest BCUT2D eigenvalue weighted by molar-refractivity contribution is 5.85. The van der Waals surface area contributed by atoms with Crippen LogP contribution in [0.2, 0.25) is 0 Å². The number of carbonyl (C=O) groups is 2. The molecule has 2 N–H and O–H groups in total. The van der Waals surface area contributed by atoms with Crippen molar-refractivity contribution in [3.63, 3.8) is 0 Å². The Kier molecular flexibility index (Phi) is 4.51. The van der Waals surface area contributed by atoms with Crippen LogP contribution in [0.15, 0.2) is 0 Å². The van der Waals surface area contributed by atoms with Crippen molar-refractivity contribution in [1.29, 1.82) is 0 Å². The maximum Gasteiger partial charge on any atom is 0.326 e. The first-order valence-corrected chi connectivity index (χ1v) is 6.06. The van der Waals surface area contributed by atoms with E-state index in [0.717, 1.165) is 12.8 Å². The standard InChI is InChI=1S/C12H22N2O3/c1-12(2,3)17-10(15)8-14-7-5-4-6-9(13)11(14)16/h9H,4-8,13H2,1-3H3/t9-/m0/s1. The monoisotopic (exact) mass is 242 g/mol. The molecule has 0 saturated carbocycles. The topological polar surface area (TPSA) is 72.6 Å². The summed E-state index contributed by atoms with van der Waals surface area (Å²) in [5.41, 5.74) is 5.21. The van der Waals surface area contributed by atoms with Gasteiger partial charge in [0.15, 0.2) is 0 Å². The maximum atomic E-state index is 11.8. The minimum atomic E-state index is -0.520. The van der Waals surface area contributed by atoms with Crippen LogP contribution in [-0.2, 0) is 14.3 Å². The summed E-state index contributed by atoms with van der Waals surface area (Å²) in [4.78, 5) is 25.0. The van der Waals surface area contributed by atoms with Crippen LogP contribution in [0.3, 0.4) is 0 Å². The number of hydrogen-bond acceptors (Lipinski definition) is 4. The molecular weight excluding hydrogens is 220 g/mol. The van der Waals surface area contributed by atoms with Gasteiger partial charge in [0.2, 0.25) is 5.91 Å². The van der Waals surface area contributed by atoms with Gasteiger partial charge in [0.25, 0.3) is 0 Å². The number of carbonyl (C=O) groups excluding carboxylic acids is 2. The van der Waals surface area contributed by atoms with Crippen molar-refractivity contribution in [2.45, 2.75) is 51.7 Å². The van der Waals surface area contributed by atoms with Crippen molar-refractivity contribution in [2.24, 2.45) is 5.73 Å². The van der Waals surface area contributed by atoms with E-state index in [4.69, 9.17) is 10.5 Å². The zero-order chi connectivity index (χ0) is 13.1. The molecular formula is C12H22N2O3. The lowest BCUT2D eigenvalue weighted by Crippen LogP contribution is -2.45. The first-order valence-electron chi connectivity index (χ1n) is 6.06. The summed E-state index contributed by atoms with van der Waals surface area (Å²) < 4.78 is 5.19. The van der Waals surface area contributed by atoms with Crippen molar-refractivity contribution >= 4 is 11.9 Å². The van der Waals surface area contributed by atoms with Crippen LogP contribution in [0.5, 0.6) is 0 Å². The Labute approximate surface area is 102 Å². The number of amides is 1. The fraction of sp³-hybridized carbons (Fsp3) is 0.833. The summed E-state index contributed by atoms with van der Waals surface area (Å²) in [6.45, 7) is 6.01. The van der Waals surface area contributed by atoms with Gasteiger partial charge in [-0.25, -0.2) is 0 Å². The van der Waals surface area contributed by atoms with Gasteiger partial charge in [-0.2, -0.15) is 0 Å². The Bertz CT molecular complexity index is 297. The first kappa shape index (κ1) is 14.0. The summed E-state index contributed by atoms with van der Waals surface area (Å²) >= 11 is 0. The molecule has 1 aliphatic rings. The van der Waals surface area contributed by atoms with Crippen LogP contribution < -0.4 is 5.73 Å². The predicted octanol–water partition coefficient (Wildman–Crippen LogP) is 0.668. The van der Waals surface area contributed by atoms with Gasteiger partial charge in [0.1, 0.15) is 12.1 Å². The molecule has 1 atom stereocenters. The number of hydrogen-bond donors (Lipinski definition) is 1. The summed E-state index contributed by atoms with van der Waals surface area (Å²) in [6, 6.07) is -0.472. The van der Waals surface area contributed by atoms with E-state index in [2.05, 4.69) is 0 Å². The van der Waals surface area contributed by atoms with Gasteiger partial charge in [-0.05, 0) is 40.0 Å². The van der Waals surface area contributed by atoms with E-state index in [1.807, 2.05) is 0 Å². The van der Waals surface area contributed by atoms with Crippen LogP contribution in [0.1, 0.15) is 40.0 Å². The quantitative estimate of drug-likeness (QED) is 0.722. The van der Waals surface area contributed by atoms with Gasteiger partial charge in [0, 0.05) is 6.54 Å². The molecule has 0 aliphatic carbocycles. The van der Waals surface area contributed by atoms with E-state index in [1.54, 1.807) is 20.8 Å². The Balaban J connectivity index is 2.54. The molecule has 1 fully saturated rings. The molecule has 1 saturated heterocycles. The third-order valence-corrected chi connectivity index (χ3v) is 2.56. The Hall–Kier alpha value is -1.10. The van der Waals surface area contributed by atoms with Gasteiger partial charge in [-0.15, -0.1) is 0 Å². The zero-order valence-corrected chi connectivity index (χ0v) is 10.9. The highest BCUT2D eigenvalue weighted by Gasteiger charge is 2.27. The number of esters is 1. The molecule has 98 valence electrons. The highest BCUT2D eigenvalue weighted by atomic mass is 16.6. The molecule has 1 rings (SSSR count). The first-order chi connectivity index (χ1) is 7.79. The van der Waals surface area contributed by atoms with Crippen LogP contribution in [-0.4, -0.2) is 41.5 Å². The lowest BCUT2D eigenvalue weighted by Gasteiger charge is -2.25. The third kappa shape index (κ3) is 4.73. The molecule has 0 bridgehead atoms. The van der Waals surface area contributed by atoms with Gasteiger partial charge < -0.3 is 15.4 Å². The van der Waals surface area contributed by atoms with Crippen LogP contribution in [0.4, 0.5) is 0 Å². The molecule has 0 aromatic heterocycles. The molecule has 0 unspecified atom stereocenters. The van der Waals surface area contributed by atoms with Crippen molar-refractivity contribution in [1.82, 2.24) is 4.90 Å². The molecule has 1 heterocycles. The van der Waals surface area contributed by atoms with E-state index < -0.39 is 11.6 Å². The molecule has 1 aliphatic heterocycles. The van der Waals surface area contributed by atoms with Crippen LogP contribution in [0.25, 0.3) is 0 Å². The highest BCUT2D eigenvalue weighted by Crippen LogP contribution is 2.12. The average molecular weight is 242 g/mol. The Morgan fingerprint density at radius 3 is 2.71 bits per heavy atom. The molecule has 5 heteroatoms. The molecule has 5 nitrogen and oxygen atoms in total. The Morgan fingerprint density at radius 2 is 2.12 bits per heavy atom. The third-order valence-electron chi connectivity index (χ3n) is 2.56. The molecule has 0 aromatic carbocycles. The SMILES string of the molecule is CC(C)(C)OC(=O)CN1CCCC[C@H](N)C1=O. The largest absolute Gasteiger partial charge is 0.459 e. The number of rotatable bonds is 2. The van der Waals surface area contributed by atoms with E-state index >= 15 is 0 Å². The van der Waals surface area contributed by atoms with E-state index in [-0.39, 0.29) is 18.4 Å². The number of ether oxygens (including phenoxy) is 1. The molecule has 1 amide bonds. The van der Waals surface area contributed by atoms with Gasteiger partial charge in [-0.3, -0.25) is 9.59 Å². The lowest BCUT2D eigenvalue weighted by molar-refractivity contribution is -0.158. The summed E-state index contributed by atoms with van der Waals surface area (Å²) in [6.07, 6.45) is 2.52. The average Bonchev–Trinajstić information content (AvgIpc) is 2.30. The minimum Gasteiger partial charge on any atom is -0.459 e. The second-order valence-electron chi connectivity index (χ2n) is 5.45. The van der Waals surface area contributed by atoms with E-state index in [9.17, 15) is 9.59 Å². The van der Waals surface area contributed by atoms with E-state index in [1.165, 1.54) is 4.90 Å². The second-order valence-corrected chi connectivity index (χ2v) is 5.45. The van der Waals surface area contributed by atoms with Gasteiger partial charge in [-0.1, -0.05) is 0 Å². The fourth-order valence-electron chi connectivity index (χ4n) is 1.82. The zero-order valence-electron chi connectivity index (χ0n) is 10.9. The van der Waals surface area contributed by atoms with Crippen molar-refractivity contribution in [3.05, 3.63) is 0 Å². The van der Waals surface area contributed by atoms with Crippen molar-refractivity contribution < 1.29 is 14.3 Å². The molecule has 17 heavy (non-hydrogen) atoms. The number of likely N-dealkylation sites (tertiary alicyclic amines) is 1. The van der Waals surface area contributed by atoms with E-state index in [0.29, 0.717) is 13.0 Å². The summed E-state index contributed by atoms with van der Waals surface area (Å²) in [5, 5.41) is 0. The number of nitrogens with zero attached hydrogens (tertiary/aromatic N) is 1. The summed E-state index contributed by atoms with van der Waals surface area (Å²) in [5.74, 6) is -0.520. The number of nitrogens with two attached hydrogens (primary N) is 1. The normalized spacial score (nSPS) is 22.2. The maximum absolute atomic E-state index is 11.8. The smallest absolute Gasteiger partial charge is 0.326 e. The minimum absolute atomic E-state index is 0.00377. The van der Waals surface area contributed by atoms with Crippen LogP contribution in [0, 0.1) is 0 Å². The van der Waals surface area contributed by atoms with Crippen LogP contribution >= 0.6 is 0 Å². The van der Waals surface area contributed by atoms with Gasteiger partial charge >= 0.3 is 5.97 Å². The Morgan fingerprint density at radius 1 is 1.47 bits per heavy atom. The second kappa shape index (κ2) is 5.49. The van der Waals surface area contributed by atoms with Crippen molar-refractivity contribution in [3.8, 4) is 0 Å². The predicted molar refractivity (Wildman–Crippen MR) is 64.3 cm³/mol. The van der Waals surface area contributed by atoms with Crippen molar-refractivity contribution in [2.75, 3.05) is 13.1 Å². The molecule has 0 aromatic rings. The lowest BCUT2D eigenvalue weighted by atomic mass is 10.1. The summed E-state index contributed by atoms with van der Waals surface area (Å²) in [7, 11) is 0. The molecule has 0 radical (unpaired) electrons. The van der Waals surface area contributed by atoms with Gasteiger partial charge in [0.05, 0.1) is 6.04 Å².